The number of hydrogen-bond acceptors (Lipinski definition) is 5. The predicted molar refractivity (Wildman–Crippen MR) is 71.5 cm³/mol. The third-order valence-electron chi connectivity index (χ3n) is 3.45. The summed E-state index contributed by atoms with van der Waals surface area (Å²) < 4.78 is 0. The van der Waals surface area contributed by atoms with Crippen LogP contribution in [0.4, 0.5) is 5.82 Å². The first-order valence-electron chi connectivity index (χ1n) is 6.45. The van der Waals surface area contributed by atoms with Gasteiger partial charge >= 0.3 is 0 Å². The molecule has 2 N–H and O–H groups in total. The van der Waals surface area contributed by atoms with E-state index in [4.69, 9.17) is 0 Å². The van der Waals surface area contributed by atoms with Gasteiger partial charge in [0.25, 0.3) is 0 Å². The first kappa shape index (κ1) is 13.2. The molecule has 0 radical (unpaired) electrons. The summed E-state index contributed by atoms with van der Waals surface area (Å²) in [6.45, 7) is 6.45. The molecule has 5 nitrogen and oxygen atoms in total. The number of aromatic nitrogens is 2. The van der Waals surface area contributed by atoms with Crippen LogP contribution < -0.4 is 5.32 Å². The summed E-state index contributed by atoms with van der Waals surface area (Å²) in [7, 11) is 1.86. The Balaban J connectivity index is 2.00. The van der Waals surface area contributed by atoms with Crippen LogP contribution in [-0.4, -0.2) is 45.7 Å². The second-order valence-electron chi connectivity index (χ2n) is 5.33. The average Bonchev–Trinajstić information content (AvgIpc) is 2.31. The molecule has 0 bridgehead atoms. The standard InChI is InChI=1S/C13H22N4O/c1-10-8-11(14-3)16-12(15-10)9-17-6-4-13(2,18)5-7-17/h8,18H,4-7,9H2,1-3H3,(H,14,15,16). The summed E-state index contributed by atoms with van der Waals surface area (Å²) in [5.41, 5.74) is 0.480. The molecule has 0 amide bonds. The van der Waals surface area contributed by atoms with E-state index in [0.717, 1.165) is 49.8 Å². The molecule has 100 valence electrons. The van der Waals surface area contributed by atoms with Gasteiger partial charge in [-0.1, -0.05) is 0 Å². The molecule has 1 aromatic heterocycles. The van der Waals surface area contributed by atoms with Gasteiger partial charge in [-0.05, 0) is 26.7 Å². The molecule has 1 aliphatic rings. The van der Waals surface area contributed by atoms with Crippen molar-refractivity contribution in [3.05, 3.63) is 17.6 Å². The van der Waals surface area contributed by atoms with Crippen molar-refractivity contribution in [3.8, 4) is 0 Å². The third-order valence-corrected chi connectivity index (χ3v) is 3.45. The first-order valence-corrected chi connectivity index (χ1v) is 6.45. The smallest absolute Gasteiger partial charge is 0.144 e. The number of hydrogen-bond donors (Lipinski definition) is 2. The van der Waals surface area contributed by atoms with Crippen molar-refractivity contribution >= 4 is 5.82 Å². The second kappa shape index (κ2) is 5.20. The topological polar surface area (TPSA) is 61.3 Å². The molecular weight excluding hydrogens is 228 g/mol. The van der Waals surface area contributed by atoms with E-state index >= 15 is 0 Å². The Hall–Kier alpha value is -1.20. The predicted octanol–water partition coefficient (Wildman–Crippen LogP) is 1.17. The fourth-order valence-corrected chi connectivity index (χ4v) is 2.22. The van der Waals surface area contributed by atoms with E-state index in [1.54, 1.807) is 0 Å². The number of nitrogens with one attached hydrogen (secondary N) is 1. The van der Waals surface area contributed by atoms with Crippen LogP contribution in [0.2, 0.25) is 0 Å². The number of anilines is 1. The summed E-state index contributed by atoms with van der Waals surface area (Å²) in [6.07, 6.45) is 1.63. The highest BCUT2D eigenvalue weighted by atomic mass is 16.3. The SMILES string of the molecule is CNc1cc(C)nc(CN2CCC(C)(O)CC2)n1. The van der Waals surface area contributed by atoms with Crippen molar-refractivity contribution in [2.75, 3.05) is 25.5 Å². The molecule has 1 aliphatic heterocycles. The summed E-state index contributed by atoms with van der Waals surface area (Å²) in [5, 5.41) is 13.0. The molecule has 0 spiro atoms. The van der Waals surface area contributed by atoms with E-state index in [9.17, 15) is 5.11 Å². The number of nitrogens with zero attached hydrogens (tertiary/aromatic N) is 3. The Morgan fingerprint density at radius 3 is 2.67 bits per heavy atom. The van der Waals surface area contributed by atoms with Crippen LogP contribution in [0, 0.1) is 6.92 Å². The average molecular weight is 250 g/mol. The number of piperidine rings is 1. The van der Waals surface area contributed by atoms with Crippen LogP contribution in [-0.2, 0) is 6.54 Å². The molecule has 2 heterocycles. The van der Waals surface area contributed by atoms with E-state index in [1.165, 1.54) is 0 Å². The van der Waals surface area contributed by atoms with E-state index < -0.39 is 5.60 Å². The maximum atomic E-state index is 9.92. The molecule has 0 aromatic carbocycles. The molecular formula is C13H22N4O. The fourth-order valence-electron chi connectivity index (χ4n) is 2.22. The maximum absolute atomic E-state index is 9.92. The largest absolute Gasteiger partial charge is 0.390 e. The van der Waals surface area contributed by atoms with Crippen LogP contribution in [0.25, 0.3) is 0 Å². The number of aliphatic hydroxyl groups is 1. The second-order valence-corrected chi connectivity index (χ2v) is 5.33. The van der Waals surface area contributed by atoms with Crippen molar-refractivity contribution in [2.24, 2.45) is 0 Å². The zero-order valence-electron chi connectivity index (χ0n) is 11.4. The number of aryl methyl sites for hydroxylation is 1. The molecule has 5 heteroatoms. The van der Waals surface area contributed by atoms with Gasteiger partial charge in [0.1, 0.15) is 11.6 Å². The van der Waals surface area contributed by atoms with Crippen molar-refractivity contribution in [1.29, 1.82) is 0 Å². The highest BCUT2D eigenvalue weighted by Crippen LogP contribution is 2.22. The summed E-state index contributed by atoms with van der Waals surface area (Å²) in [4.78, 5) is 11.2. The molecule has 0 saturated carbocycles. The van der Waals surface area contributed by atoms with Gasteiger partial charge < -0.3 is 10.4 Å². The zero-order valence-corrected chi connectivity index (χ0v) is 11.4. The number of likely N-dealkylation sites (tertiary alicyclic amines) is 1. The van der Waals surface area contributed by atoms with Crippen molar-refractivity contribution in [2.45, 2.75) is 38.8 Å². The molecule has 1 aromatic rings. The van der Waals surface area contributed by atoms with E-state index in [1.807, 2.05) is 27.0 Å². The fraction of sp³-hybridized carbons (Fsp3) is 0.692. The lowest BCUT2D eigenvalue weighted by Gasteiger charge is -2.35. The third kappa shape index (κ3) is 3.40. The highest BCUT2D eigenvalue weighted by molar-refractivity contribution is 5.34. The molecule has 0 unspecified atom stereocenters. The van der Waals surface area contributed by atoms with Crippen LogP contribution in [0.5, 0.6) is 0 Å². The lowest BCUT2D eigenvalue weighted by atomic mass is 9.94. The zero-order chi connectivity index (χ0) is 13.2. The Bertz CT molecular complexity index is 409. The normalized spacial score (nSPS) is 19.8. The Kier molecular flexibility index (Phi) is 3.82. The van der Waals surface area contributed by atoms with E-state index in [2.05, 4.69) is 20.2 Å². The first-order chi connectivity index (χ1) is 8.48. The summed E-state index contributed by atoms with van der Waals surface area (Å²) >= 11 is 0. The molecule has 1 saturated heterocycles. The summed E-state index contributed by atoms with van der Waals surface area (Å²) in [6, 6.07) is 1.94. The minimum atomic E-state index is -0.500. The van der Waals surface area contributed by atoms with Crippen molar-refractivity contribution in [3.63, 3.8) is 0 Å². The van der Waals surface area contributed by atoms with E-state index in [0.29, 0.717) is 0 Å². The molecule has 2 rings (SSSR count). The molecule has 1 fully saturated rings. The van der Waals surface area contributed by atoms with Crippen LogP contribution in [0.15, 0.2) is 6.07 Å². The lowest BCUT2D eigenvalue weighted by Crippen LogP contribution is -2.42. The monoisotopic (exact) mass is 250 g/mol. The number of rotatable bonds is 3. The van der Waals surface area contributed by atoms with Crippen molar-refractivity contribution < 1.29 is 5.11 Å². The van der Waals surface area contributed by atoms with Gasteiger partial charge in [-0.3, -0.25) is 4.90 Å². The van der Waals surface area contributed by atoms with Gasteiger partial charge in [0.15, 0.2) is 0 Å². The lowest BCUT2D eigenvalue weighted by molar-refractivity contribution is -0.00788. The van der Waals surface area contributed by atoms with Gasteiger partial charge in [-0.2, -0.15) is 0 Å². The Labute approximate surface area is 108 Å². The quantitative estimate of drug-likeness (QED) is 0.843. The minimum Gasteiger partial charge on any atom is -0.390 e. The summed E-state index contributed by atoms with van der Waals surface area (Å²) in [5.74, 6) is 1.71. The van der Waals surface area contributed by atoms with Crippen LogP contribution in [0.3, 0.4) is 0 Å². The maximum Gasteiger partial charge on any atom is 0.144 e. The van der Waals surface area contributed by atoms with Gasteiger partial charge in [0, 0.05) is 31.9 Å². The van der Waals surface area contributed by atoms with Gasteiger partial charge in [-0.25, -0.2) is 9.97 Å². The molecule has 0 atom stereocenters. The van der Waals surface area contributed by atoms with Gasteiger partial charge in [0.05, 0.1) is 12.1 Å². The minimum absolute atomic E-state index is 0.500. The van der Waals surface area contributed by atoms with Gasteiger partial charge in [-0.15, -0.1) is 0 Å². The molecule has 0 aliphatic carbocycles. The van der Waals surface area contributed by atoms with Crippen LogP contribution >= 0.6 is 0 Å². The molecule has 18 heavy (non-hydrogen) atoms. The van der Waals surface area contributed by atoms with Gasteiger partial charge in [0.2, 0.25) is 0 Å². The Morgan fingerprint density at radius 1 is 1.39 bits per heavy atom. The van der Waals surface area contributed by atoms with Crippen LogP contribution in [0.1, 0.15) is 31.3 Å². The van der Waals surface area contributed by atoms with Crippen molar-refractivity contribution in [1.82, 2.24) is 14.9 Å². The Morgan fingerprint density at radius 2 is 2.06 bits per heavy atom. The van der Waals surface area contributed by atoms with E-state index in [-0.39, 0.29) is 0 Å². The highest BCUT2D eigenvalue weighted by Gasteiger charge is 2.27.